The molecule has 0 aliphatic rings. The van der Waals surface area contributed by atoms with Crippen LogP contribution in [0.4, 0.5) is 0 Å². The third-order valence-electron chi connectivity index (χ3n) is 1.86. The molecule has 0 amide bonds. The summed E-state index contributed by atoms with van der Waals surface area (Å²) in [7, 11) is 1.34. The number of pyridine rings is 1. The number of carbonyl (C=O) groups excluding carboxylic acids is 1. The number of hydrogen-bond donors (Lipinski definition) is 0. The van der Waals surface area contributed by atoms with Crippen LogP contribution in [0.5, 0.6) is 0 Å². The molecule has 0 aliphatic carbocycles. The highest BCUT2D eigenvalue weighted by atomic mass is 16.5. The summed E-state index contributed by atoms with van der Waals surface area (Å²) < 4.78 is 4.54. The molecule has 1 rings (SSSR count). The second-order valence-corrected chi connectivity index (χ2v) is 2.87. The van der Waals surface area contributed by atoms with Gasteiger partial charge in [0.25, 0.3) is 0 Å². The van der Waals surface area contributed by atoms with E-state index in [1.54, 1.807) is 12.3 Å². The van der Waals surface area contributed by atoms with Crippen LogP contribution in [0.15, 0.2) is 31.0 Å². The van der Waals surface area contributed by atoms with Gasteiger partial charge in [-0.25, -0.2) is 9.78 Å². The molecule has 0 saturated carbocycles. The van der Waals surface area contributed by atoms with Crippen LogP contribution in [0, 0.1) is 0 Å². The van der Waals surface area contributed by atoms with Gasteiger partial charge in [0, 0.05) is 6.20 Å². The largest absolute Gasteiger partial charge is 0.464 e. The lowest BCUT2D eigenvalue weighted by Crippen LogP contribution is -2.03. The van der Waals surface area contributed by atoms with Crippen molar-refractivity contribution in [3.63, 3.8) is 0 Å². The van der Waals surface area contributed by atoms with E-state index in [1.807, 2.05) is 12.1 Å². The van der Waals surface area contributed by atoms with E-state index in [1.165, 1.54) is 7.11 Å². The molecule has 0 aliphatic heterocycles. The first-order valence-corrected chi connectivity index (χ1v) is 4.42. The van der Waals surface area contributed by atoms with Gasteiger partial charge in [-0.2, -0.15) is 0 Å². The summed E-state index contributed by atoms with van der Waals surface area (Å²) in [5.74, 6) is -0.403. The van der Waals surface area contributed by atoms with Crippen molar-refractivity contribution in [2.45, 2.75) is 12.8 Å². The Balaban J connectivity index is 2.68. The molecule has 0 radical (unpaired) electrons. The third-order valence-corrected chi connectivity index (χ3v) is 1.86. The Hall–Kier alpha value is -1.64. The van der Waals surface area contributed by atoms with Crippen LogP contribution in [-0.2, 0) is 11.2 Å². The van der Waals surface area contributed by atoms with Crippen LogP contribution in [-0.4, -0.2) is 18.1 Å². The van der Waals surface area contributed by atoms with Crippen molar-refractivity contribution in [2.75, 3.05) is 7.11 Å². The average molecular weight is 191 g/mol. The van der Waals surface area contributed by atoms with E-state index in [0.29, 0.717) is 5.69 Å². The van der Waals surface area contributed by atoms with Crippen LogP contribution in [0.25, 0.3) is 0 Å². The Labute approximate surface area is 83.4 Å². The molecule has 3 heteroatoms. The third kappa shape index (κ3) is 2.69. The SMILES string of the molecule is C=CCCc1ccc(C(=O)OC)nc1. The van der Waals surface area contributed by atoms with Crippen molar-refractivity contribution in [3.8, 4) is 0 Å². The number of hydrogen-bond acceptors (Lipinski definition) is 3. The summed E-state index contributed by atoms with van der Waals surface area (Å²) >= 11 is 0. The molecule has 14 heavy (non-hydrogen) atoms. The minimum Gasteiger partial charge on any atom is -0.464 e. The van der Waals surface area contributed by atoms with E-state index >= 15 is 0 Å². The summed E-state index contributed by atoms with van der Waals surface area (Å²) in [6.45, 7) is 3.64. The molecule has 1 aromatic heterocycles. The fraction of sp³-hybridized carbons (Fsp3) is 0.273. The maximum atomic E-state index is 11.0. The molecular formula is C11H13NO2. The molecule has 0 unspecified atom stereocenters. The minimum atomic E-state index is -0.403. The van der Waals surface area contributed by atoms with Crippen molar-refractivity contribution in [1.29, 1.82) is 0 Å². The predicted octanol–water partition coefficient (Wildman–Crippen LogP) is 1.99. The molecule has 0 N–H and O–H groups in total. The predicted molar refractivity (Wildman–Crippen MR) is 54.1 cm³/mol. The van der Waals surface area contributed by atoms with Gasteiger partial charge >= 0.3 is 5.97 Å². The van der Waals surface area contributed by atoms with Crippen LogP contribution in [0.1, 0.15) is 22.5 Å². The first-order valence-electron chi connectivity index (χ1n) is 4.42. The lowest BCUT2D eigenvalue weighted by Gasteiger charge is -2.00. The number of ether oxygens (including phenoxy) is 1. The average Bonchev–Trinajstić information content (AvgIpc) is 2.26. The van der Waals surface area contributed by atoms with Gasteiger partial charge in [-0.1, -0.05) is 12.1 Å². The van der Waals surface area contributed by atoms with Crippen molar-refractivity contribution >= 4 is 5.97 Å². The van der Waals surface area contributed by atoms with Crippen LogP contribution in [0.2, 0.25) is 0 Å². The Morgan fingerprint density at radius 2 is 2.43 bits per heavy atom. The molecule has 1 aromatic rings. The van der Waals surface area contributed by atoms with E-state index in [4.69, 9.17) is 0 Å². The summed E-state index contributed by atoms with van der Waals surface area (Å²) in [4.78, 5) is 15.0. The molecule has 0 fully saturated rings. The molecular weight excluding hydrogens is 178 g/mol. The van der Waals surface area contributed by atoms with E-state index in [2.05, 4.69) is 16.3 Å². The first kappa shape index (κ1) is 10.4. The maximum Gasteiger partial charge on any atom is 0.356 e. The summed E-state index contributed by atoms with van der Waals surface area (Å²) in [6.07, 6.45) is 5.36. The van der Waals surface area contributed by atoms with Crippen molar-refractivity contribution in [3.05, 3.63) is 42.2 Å². The standard InChI is InChI=1S/C11H13NO2/c1-3-4-5-9-6-7-10(12-8-9)11(13)14-2/h3,6-8H,1,4-5H2,2H3. The Morgan fingerprint density at radius 3 is 2.93 bits per heavy atom. The van der Waals surface area contributed by atoms with Gasteiger partial charge < -0.3 is 4.74 Å². The zero-order valence-corrected chi connectivity index (χ0v) is 8.19. The number of aryl methyl sites for hydroxylation is 1. The van der Waals surface area contributed by atoms with Crippen LogP contribution >= 0.6 is 0 Å². The van der Waals surface area contributed by atoms with Gasteiger partial charge in [0.2, 0.25) is 0 Å². The maximum absolute atomic E-state index is 11.0. The lowest BCUT2D eigenvalue weighted by atomic mass is 10.1. The van der Waals surface area contributed by atoms with Crippen LogP contribution < -0.4 is 0 Å². The van der Waals surface area contributed by atoms with Crippen molar-refractivity contribution in [2.24, 2.45) is 0 Å². The fourth-order valence-electron chi connectivity index (χ4n) is 1.07. The fourth-order valence-corrected chi connectivity index (χ4v) is 1.07. The Morgan fingerprint density at radius 1 is 1.64 bits per heavy atom. The van der Waals surface area contributed by atoms with E-state index in [-0.39, 0.29) is 0 Å². The highest BCUT2D eigenvalue weighted by molar-refractivity contribution is 5.86. The van der Waals surface area contributed by atoms with Gasteiger partial charge in [-0.3, -0.25) is 0 Å². The number of aromatic nitrogens is 1. The second kappa shape index (κ2) is 5.17. The lowest BCUT2D eigenvalue weighted by molar-refractivity contribution is 0.0594. The smallest absolute Gasteiger partial charge is 0.356 e. The molecule has 0 bridgehead atoms. The molecule has 3 nitrogen and oxygen atoms in total. The number of esters is 1. The normalized spacial score (nSPS) is 9.50. The molecule has 0 atom stereocenters. The van der Waals surface area contributed by atoms with Gasteiger partial charge in [0.05, 0.1) is 7.11 Å². The number of allylic oxidation sites excluding steroid dienone is 1. The molecule has 0 saturated heterocycles. The summed E-state index contributed by atoms with van der Waals surface area (Å²) in [5, 5.41) is 0. The Kier molecular flexibility index (Phi) is 3.85. The second-order valence-electron chi connectivity index (χ2n) is 2.87. The topological polar surface area (TPSA) is 39.2 Å². The van der Waals surface area contributed by atoms with E-state index < -0.39 is 5.97 Å². The van der Waals surface area contributed by atoms with Gasteiger partial charge in [0.1, 0.15) is 5.69 Å². The van der Waals surface area contributed by atoms with Crippen LogP contribution in [0.3, 0.4) is 0 Å². The molecule has 0 spiro atoms. The highest BCUT2D eigenvalue weighted by Crippen LogP contribution is 2.04. The summed E-state index contributed by atoms with van der Waals surface area (Å²) in [5.41, 5.74) is 1.44. The summed E-state index contributed by atoms with van der Waals surface area (Å²) in [6, 6.07) is 3.55. The number of nitrogens with zero attached hydrogens (tertiary/aromatic N) is 1. The number of methoxy groups -OCH3 is 1. The van der Waals surface area contributed by atoms with Gasteiger partial charge in [-0.05, 0) is 24.5 Å². The van der Waals surface area contributed by atoms with Crippen molar-refractivity contribution in [1.82, 2.24) is 4.98 Å². The van der Waals surface area contributed by atoms with E-state index in [9.17, 15) is 4.79 Å². The van der Waals surface area contributed by atoms with Gasteiger partial charge in [0.15, 0.2) is 0 Å². The number of rotatable bonds is 4. The zero-order chi connectivity index (χ0) is 10.4. The quantitative estimate of drug-likeness (QED) is 0.539. The highest BCUT2D eigenvalue weighted by Gasteiger charge is 2.05. The number of carbonyl (C=O) groups is 1. The monoisotopic (exact) mass is 191 g/mol. The minimum absolute atomic E-state index is 0.342. The van der Waals surface area contributed by atoms with Gasteiger partial charge in [-0.15, -0.1) is 6.58 Å². The molecule has 0 aromatic carbocycles. The zero-order valence-electron chi connectivity index (χ0n) is 8.19. The van der Waals surface area contributed by atoms with E-state index in [0.717, 1.165) is 18.4 Å². The Bertz CT molecular complexity index is 317. The molecule has 1 heterocycles. The van der Waals surface area contributed by atoms with Crippen molar-refractivity contribution < 1.29 is 9.53 Å². The molecule has 74 valence electrons. The first-order chi connectivity index (χ1) is 6.77.